The van der Waals surface area contributed by atoms with Crippen LogP contribution in [0, 0.1) is 5.41 Å². The van der Waals surface area contributed by atoms with Crippen molar-refractivity contribution < 1.29 is 0 Å². The molecule has 0 N–H and O–H groups in total. The van der Waals surface area contributed by atoms with Crippen molar-refractivity contribution in [2.24, 2.45) is 5.41 Å². The van der Waals surface area contributed by atoms with Gasteiger partial charge < -0.3 is 0 Å². The van der Waals surface area contributed by atoms with E-state index in [1.165, 1.54) is 17.6 Å². The third-order valence-corrected chi connectivity index (χ3v) is 3.04. The average Bonchev–Trinajstić information content (AvgIpc) is 2.13. The number of hydrogen-bond acceptors (Lipinski definition) is 0. The fraction of sp³-hybridized carbons (Fsp3) is 0.636. The average molecular weight is 150 g/mol. The van der Waals surface area contributed by atoms with Crippen molar-refractivity contribution in [2.75, 3.05) is 0 Å². The minimum atomic E-state index is 0.409. The van der Waals surface area contributed by atoms with Gasteiger partial charge in [-0.25, -0.2) is 0 Å². The molecule has 1 aliphatic carbocycles. The van der Waals surface area contributed by atoms with Crippen LogP contribution in [0.3, 0.4) is 0 Å². The van der Waals surface area contributed by atoms with Crippen LogP contribution in [-0.2, 0) is 0 Å². The van der Waals surface area contributed by atoms with Gasteiger partial charge in [-0.05, 0) is 43.8 Å². The van der Waals surface area contributed by atoms with Gasteiger partial charge in [0.25, 0.3) is 0 Å². The Bertz CT molecular complexity index is 226. The van der Waals surface area contributed by atoms with E-state index < -0.39 is 0 Å². The topological polar surface area (TPSA) is 0 Å². The Morgan fingerprint density at radius 3 is 2.00 bits per heavy atom. The monoisotopic (exact) mass is 150 g/mol. The summed E-state index contributed by atoms with van der Waals surface area (Å²) in [5, 5.41) is 0. The van der Waals surface area contributed by atoms with Crippen molar-refractivity contribution in [3.63, 3.8) is 0 Å². The van der Waals surface area contributed by atoms with E-state index in [1.54, 1.807) is 5.57 Å². The van der Waals surface area contributed by atoms with E-state index in [4.69, 9.17) is 0 Å². The molecule has 0 atom stereocenters. The summed E-state index contributed by atoms with van der Waals surface area (Å²) in [5.74, 6) is 0. The van der Waals surface area contributed by atoms with Gasteiger partial charge in [-0.3, -0.25) is 0 Å². The summed E-state index contributed by atoms with van der Waals surface area (Å²) in [6, 6.07) is 0. The summed E-state index contributed by atoms with van der Waals surface area (Å²) in [4.78, 5) is 0. The molecule has 0 aliphatic heterocycles. The first-order valence-corrected chi connectivity index (χ1v) is 4.32. The zero-order valence-electron chi connectivity index (χ0n) is 8.28. The van der Waals surface area contributed by atoms with Crippen LogP contribution >= 0.6 is 0 Å². The van der Waals surface area contributed by atoms with Gasteiger partial charge in [0, 0.05) is 0 Å². The zero-order chi connectivity index (χ0) is 8.65. The van der Waals surface area contributed by atoms with Gasteiger partial charge >= 0.3 is 0 Å². The first-order chi connectivity index (χ1) is 4.99. The summed E-state index contributed by atoms with van der Waals surface area (Å²) in [5.41, 5.74) is 5.02. The molecule has 1 aliphatic rings. The van der Waals surface area contributed by atoms with E-state index in [1.807, 2.05) is 0 Å². The van der Waals surface area contributed by atoms with Crippen LogP contribution in [0.5, 0.6) is 0 Å². The number of allylic oxidation sites excluding steroid dienone is 4. The Kier molecular flexibility index (Phi) is 1.96. The molecular weight excluding hydrogens is 132 g/mol. The molecule has 0 saturated heterocycles. The van der Waals surface area contributed by atoms with Crippen LogP contribution in [-0.4, -0.2) is 0 Å². The van der Waals surface area contributed by atoms with Gasteiger partial charge in [-0.2, -0.15) is 0 Å². The summed E-state index contributed by atoms with van der Waals surface area (Å²) < 4.78 is 0. The minimum Gasteiger partial charge on any atom is -0.0841 e. The Morgan fingerprint density at radius 1 is 1.27 bits per heavy atom. The lowest BCUT2D eigenvalue weighted by Gasteiger charge is -2.18. The second kappa shape index (κ2) is 2.51. The van der Waals surface area contributed by atoms with E-state index in [2.05, 4.69) is 40.7 Å². The second-order valence-electron chi connectivity index (χ2n) is 4.12. The van der Waals surface area contributed by atoms with Gasteiger partial charge in [0.15, 0.2) is 0 Å². The van der Waals surface area contributed by atoms with Gasteiger partial charge in [-0.15, -0.1) is 0 Å². The molecule has 0 heterocycles. The second-order valence-corrected chi connectivity index (χ2v) is 4.12. The molecule has 11 heavy (non-hydrogen) atoms. The first kappa shape index (κ1) is 8.58. The highest BCUT2D eigenvalue weighted by molar-refractivity contribution is 5.42. The third-order valence-electron chi connectivity index (χ3n) is 3.04. The molecule has 0 spiro atoms. The Balaban J connectivity index is 3.08. The standard InChI is InChI=1S/C11H18/c1-6-10-7-11(4,5)9(3)8(10)2/h6H,7H2,1-5H3/b10-6+. The van der Waals surface area contributed by atoms with E-state index in [0.29, 0.717) is 5.41 Å². The molecule has 0 aromatic carbocycles. The van der Waals surface area contributed by atoms with E-state index in [-0.39, 0.29) is 0 Å². The summed E-state index contributed by atoms with van der Waals surface area (Å²) in [7, 11) is 0. The van der Waals surface area contributed by atoms with Crippen molar-refractivity contribution in [2.45, 2.75) is 41.0 Å². The first-order valence-electron chi connectivity index (χ1n) is 4.32. The van der Waals surface area contributed by atoms with Crippen molar-refractivity contribution in [3.8, 4) is 0 Å². The van der Waals surface area contributed by atoms with Crippen molar-refractivity contribution >= 4 is 0 Å². The molecule has 0 fully saturated rings. The van der Waals surface area contributed by atoms with Crippen LogP contribution in [0.25, 0.3) is 0 Å². The SMILES string of the molecule is C/C=C1\CC(C)(C)C(C)=C1C. The smallest absolute Gasteiger partial charge is 0.0101 e. The molecular formula is C11H18. The van der Waals surface area contributed by atoms with Crippen molar-refractivity contribution in [3.05, 3.63) is 22.8 Å². The predicted molar refractivity (Wildman–Crippen MR) is 50.5 cm³/mol. The lowest BCUT2D eigenvalue weighted by molar-refractivity contribution is 0.467. The molecule has 0 radical (unpaired) electrons. The van der Waals surface area contributed by atoms with E-state index >= 15 is 0 Å². The largest absolute Gasteiger partial charge is 0.0841 e. The minimum absolute atomic E-state index is 0.409. The Hall–Kier alpha value is -0.520. The number of hydrogen-bond donors (Lipinski definition) is 0. The molecule has 1 rings (SSSR count). The van der Waals surface area contributed by atoms with E-state index in [9.17, 15) is 0 Å². The quantitative estimate of drug-likeness (QED) is 0.494. The third kappa shape index (κ3) is 1.26. The van der Waals surface area contributed by atoms with Crippen LogP contribution in [0.1, 0.15) is 41.0 Å². The maximum absolute atomic E-state index is 2.32. The maximum atomic E-state index is 2.32. The summed E-state index contributed by atoms with van der Waals surface area (Å²) in [6.45, 7) is 11.3. The lowest BCUT2D eigenvalue weighted by atomic mass is 9.86. The van der Waals surface area contributed by atoms with Crippen LogP contribution in [0.15, 0.2) is 22.8 Å². The molecule has 0 saturated carbocycles. The lowest BCUT2D eigenvalue weighted by Crippen LogP contribution is -2.07. The number of rotatable bonds is 0. The fourth-order valence-corrected chi connectivity index (χ4v) is 1.81. The molecule has 0 aromatic rings. The molecule has 0 unspecified atom stereocenters. The summed E-state index contributed by atoms with van der Waals surface area (Å²) in [6.07, 6.45) is 3.47. The predicted octanol–water partition coefficient (Wildman–Crippen LogP) is 3.70. The van der Waals surface area contributed by atoms with Crippen molar-refractivity contribution in [1.29, 1.82) is 0 Å². The van der Waals surface area contributed by atoms with Gasteiger partial charge in [0.1, 0.15) is 0 Å². The molecule has 0 aromatic heterocycles. The highest BCUT2D eigenvalue weighted by atomic mass is 14.3. The van der Waals surface area contributed by atoms with Crippen LogP contribution in [0.2, 0.25) is 0 Å². The van der Waals surface area contributed by atoms with Crippen molar-refractivity contribution in [1.82, 2.24) is 0 Å². The van der Waals surface area contributed by atoms with E-state index in [0.717, 1.165) is 0 Å². The maximum Gasteiger partial charge on any atom is -0.0101 e. The normalized spacial score (nSPS) is 26.8. The molecule has 0 bridgehead atoms. The Morgan fingerprint density at radius 2 is 1.82 bits per heavy atom. The molecule has 0 nitrogen and oxygen atoms in total. The van der Waals surface area contributed by atoms with Gasteiger partial charge in [0.2, 0.25) is 0 Å². The summed E-state index contributed by atoms with van der Waals surface area (Å²) >= 11 is 0. The molecule has 0 amide bonds. The van der Waals surface area contributed by atoms with Crippen LogP contribution < -0.4 is 0 Å². The van der Waals surface area contributed by atoms with Gasteiger partial charge in [-0.1, -0.05) is 25.5 Å². The van der Waals surface area contributed by atoms with Gasteiger partial charge in [0.05, 0.1) is 0 Å². The molecule has 0 heteroatoms. The van der Waals surface area contributed by atoms with Crippen LogP contribution in [0.4, 0.5) is 0 Å². The zero-order valence-corrected chi connectivity index (χ0v) is 8.28. The highest BCUT2D eigenvalue weighted by Crippen LogP contribution is 2.44. The Labute approximate surface area is 70.0 Å². The molecule has 62 valence electrons. The highest BCUT2D eigenvalue weighted by Gasteiger charge is 2.29. The fourth-order valence-electron chi connectivity index (χ4n) is 1.81.